The Labute approximate surface area is 100 Å². The number of nitrogens with two attached hydrogens (primary N) is 2. The van der Waals surface area contributed by atoms with Crippen LogP contribution in [0.15, 0.2) is 18.2 Å². The van der Waals surface area contributed by atoms with E-state index in [0.717, 1.165) is 11.1 Å². The van der Waals surface area contributed by atoms with Crippen LogP contribution >= 0.6 is 0 Å². The average Bonchev–Trinajstić information content (AvgIpc) is 2.14. The fraction of sp³-hybridized carbons (Fsp3) is 0.333. The van der Waals surface area contributed by atoms with Crippen LogP contribution in [0.5, 0.6) is 0 Å². The molecule has 2 amide bonds. The first-order valence-corrected chi connectivity index (χ1v) is 5.31. The van der Waals surface area contributed by atoms with Gasteiger partial charge in [0, 0.05) is 5.69 Å². The summed E-state index contributed by atoms with van der Waals surface area (Å²) in [5, 5.41) is 2.66. The lowest BCUT2D eigenvalue weighted by molar-refractivity contribution is -0.123. The quantitative estimate of drug-likeness (QED) is 0.706. The van der Waals surface area contributed by atoms with Crippen LogP contribution in [0.1, 0.15) is 17.5 Å². The minimum atomic E-state index is -0.909. The highest BCUT2D eigenvalue weighted by molar-refractivity contribution is 5.97. The predicted octanol–water partition coefficient (Wildman–Crippen LogP) is 0.445. The fourth-order valence-corrected chi connectivity index (χ4v) is 1.59. The van der Waals surface area contributed by atoms with Gasteiger partial charge in [0.05, 0.1) is 12.5 Å². The van der Waals surface area contributed by atoms with Gasteiger partial charge in [-0.2, -0.15) is 0 Å². The molecule has 5 N–H and O–H groups in total. The fourth-order valence-electron chi connectivity index (χ4n) is 1.59. The molecule has 92 valence electrons. The molecular weight excluding hydrogens is 218 g/mol. The van der Waals surface area contributed by atoms with Gasteiger partial charge in [0.25, 0.3) is 0 Å². The zero-order chi connectivity index (χ0) is 13.0. The summed E-state index contributed by atoms with van der Waals surface area (Å²) in [5.41, 5.74) is 13.3. The monoisotopic (exact) mass is 235 g/mol. The molecule has 1 atom stereocenters. The van der Waals surface area contributed by atoms with Gasteiger partial charge in [-0.3, -0.25) is 9.59 Å². The summed E-state index contributed by atoms with van der Waals surface area (Å²) in [4.78, 5) is 22.3. The maximum atomic E-state index is 11.6. The lowest BCUT2D eigenvalue weighted by atomic mass is 10.1. The highest BCUT2D eigenvalue weighted by Crippen LogP contribution is 2.13. The molecule has 0 fully saturated rings. The largest absolute Gasteiger partial charge is 0.370 e. The van der Waals surface area contributed by atoms with E-state index in [1.54, 1.807) is 0 Å². The van der Waals surface area contributed by atoms with Crippen LogP contribution in [-0.2, 0) is 9.59 Å². The molecule has 0 spiro atoms. The number of carbonyl (C=O) groups excluding carboxylic acids is 2. The molecule has 1 unspecified atom stereocenters. The van der Waals surface area contributed by atoms with Gasteiger partial charge < -0.3 is 16.8 Å². The van der Waals surface area contributed by atoms with Crippen molar-refractivity contribution in [2.24, 2.45) is 11.5 Å². The van der Waals surface area contributed by atoms with E-state index in [4.69, 9.17) is 11.5 Å². The number of carbonyl (C=O) groups is 2. The number of anilines is 1. The van der Waals surface area contributed by atoms with E-state index in [0.29, 0.717) is 5.69 Å². The normalized spacial score (nSPS) is 11.9. The molecule has 5 heteroatoms. The summed E-state index contributed by atoms with van der Waals surface area (Å²) in [6.07, 6.45) is -0.156. The van der Waals surface area contributed by atoms with Gasteiger partial charge in [0.2, 0.25) is 11.8 Å². The second-order valence-corrected chi connectivity index (χ2v) is 4.14. The molecule has 5 nitrogen and oxygen atoms in total. The summed E-state index contributed by atoms with van der Waals surface area (Å²) < 4.78 is 0. The lowest BCUT2D eigenvalue weighted by Crippen LogP contribution is -2.39. The highest BCUT2D eigenvalue weighted by Gasteiger charge is 2.16. The average molecular weight is 235 g/mol. The molecule has 0 saturated heterocycles. The number of amides is 2. The lowest BCUT2D eigenvalue weighted by Gasteiger charge is -2.11. The van der Waals surface area contributed by atoms with Gasteiger partial charge in [-0.15, -0.1) is 0 Å². The van der Waals surface area contributed by atoms with Crippen LogP contribution in [0.25, 0.3) is 0 Å². The van der Waals surface area contributed by atoms with Crippen LogP contribution in [0.2, 0.25) is 0 Å². The summed E-state index contributed by atoms with van der Waals surface area (Å²) in [7, 11) is 0. The second kappa shape index (κ2) is 5.45. The first-order chi connectivity index (χ1) is 7.88. The Morgan fingerprint density at radius 1 is 1.24 bits per heavy atom. The molecule has 0 bridgehead atoms. The van der Waals surface area contributed by atoms with Crippen molar-refractivity contribution < 1.29 is 9.59 Å². The SMILES string of the molecule is Cc1cc(C)cc(NC(=O)C(N)CC(N)=O)c1. The van der Waals surface area contributed by atoms with Crippen molar-refractivity contribution in [2.45, 2.75) is 26.3 Å². The van der Waals surface area contributed by atoms with E-state index < -0.39 is 17.9 Å². The number of aryl methyl sites for hydroxylation is 2. The van der Waals surface area contributed by atoms with Crippen molar-refractivity contribution in [3.63, 3.8) is 0 Å². The number of hydrogen-bond donors (Lipinski definition) is 3. The van der Waals surface area contributed by atoms with Crippen molar-refractivity contribution in [1.82, 2.24) is 0 Å². The van der Waals surface area contributed by atoms with Gasteiger partial charge in [-0.05, 0) is 37.1 Å². The van der Waals surface area contributed by atoms with E-state index in [2.05, 4.69) is 5.32 Å². The number of hydrogen-bond acceptors (Lipinski definition) is 3. The standard InChI is InChI=1S/C12H17N3O2/c1-7-3-8(2)5-9(4-7)15-12(17)10(13)6-11(14)16/h3-5,10H,6,13H2,1-2H3,(H2,14,16)(H,15,17). The summed E-state index contributed by atoms with van der Waals surface area (Å²) in [5.74, 6) is -0.998. The molecule has 0 aromatic heterocycles. The molecule has 0 heterocycles. The molecule has 0 saturated carbocycles. The van der Waals surface area contributed by atoms with Crippen molar-refractivity contribution in [1.29, 1.82) is 0 Å². The van der Waals surface area contributed by atoms with Crippen LogP contribution in [-0.4, -0.2) is 17.9 Å². The Balaban J connectivity index is 2.70. The first kappa shape index (κ1) is 13.2. The Morgan fingerprint density at radius 2 is 1.76 bits per heavy atom. The zero-order valence-electron chi connectivity index (χ0n) is 9.99. The predicted molar refractivity (Wildman–Crippen MR) is 66.3 cm³/mol. The third-order valence-corrected chi connectivity index (χ3v) is 2.25. The van der Waals surface area contributed by atoms with Crippen molar-refractivity contribution >= 4 is 17.5 Å². The highest BCUT2D eigenvalue weighted by atomic mass is 16.2. The molecule has 0 aliphatic heterocycles. The van der Waals surface area contributed by atoms with Crippen molar-refractivity contribution in [3.05, 3.63) is 29.3 Å². The number of rotatable bonds is 4. The Morgan fingerprint density at radius 3 is 2.24 bits per heavy atom. The van der Waals surface area contributed by atoms with E-state index in [9.17, 15) is 9.59 Å². The molecule has 0 aliphatic carbocycles. The van der Waals surface area contributed by atoms with Gasteiger partial charge in [0.15, 0.2) is 0 Å². The Kier molecular flexibility index (Phi) is 4.23. The van der Waals surface area contributed by atoms with Crippen LogP contribution in [0.3, 0.4) is 0 Å². The maximum Gasteiger partial charge on any atom is 0.241 e. The molecular formula is C12H17N3O2. The molecule has 0 radical (unpaired) electrons. The van der Waals surface area contributed by atoms with Crippen molar-refractivity contribution in [3.8, 4) is 0 Å². The first-order valence-electron chi connectivity index (χ1n) is 5.31. The maximum absolute atomic E-state index is 11.6. The summed E-state index contributed by atoms with van der Waals surface area (Å²) in [6, 6.07) is 4.76. The van der Waals surface area contributed by atoms with Gasteiger partial charge >= 0.3 is 0 Å². The molecule has 0 aliphatic rings. The van der Waals surface area contributed by atoms with Crippen LogP contribution < -0.4 is 16.8 Å². The minimum Gasteiger partial charge on any atom is -0.370 e. The van der Waals surface area contributed by atoms with Crippen LogP contribution in [0.4, 0.5) is 5.69 Å². The number of nitrogens with one attached hydrogen (secondary N) is 1. The number of benzene rings is 1. The topological polar surface area (TPSA) is 98.2 Å². The van der Waals surface area contributed by atoms with E-state index in [-0.39, 0.29) is 6.42 Å². The molecule has 1 aromatic carbocycles. The zero-order valence-corrected chi connectivity index (χ0v) is 9.99. The van der Waals surface area contributed by atoms with E-state index >= 15 is 0 Å². The van der Waals surface area contributed by atoms with Crippen LogP contribution in [0, 0.1) is 13.8 Å². The number of primary amides is 1. The smallest absolute Gasteiger partial charge is 0.241 e. The van der Waals surface area contributed by atoms with E-state index in [1.807, 2.05) is 32.0 Å². The van der Waals surface area contributed by atoms with Gasteiger partial charge in [-0.25, -0.2) is 0 Å². The minimum absolute atomic E-state index is 0.156. The molecule has 1 aromatic rings. The third kappa shape index (κ3) is 4.24. The van der Waals surface area contributed by atoms with Gasteiger partial charge in [-0.1, -0.05) is 6.07 Å². The Bertz CT molecular complexity index is 423. The molecule has 17 heavy (non-hydrogen) atoms. The van der Waals surface area contributed by atoms with Crippen molar-refractivity contribution in [2.75, 3.05) is 5.32 Å². The Hall–Kier alpha value is -1.88. The van der Waals surface area contributed by atoms with E-state index in [1.165, 1.54) is 0 Å². The summed E-state index contributed by atoms with van der Waals surface area (Å²) >= 11 is 0. The third-order valence-electron chi connectivity index (χ3n) is 2.25. The molecule has 1 rings (SSSR count). The van der Waals surface area contributed by atoms with Gasteiger partial charge in [0.1, 0.15) is 0 Å². The second-order valence-electron chi connectivity index (χ2n) is 4.14. The summed E-state index contributed by atoms with van der Waals surface area (Å²) in [6.45, 7) is 3.87.